The van der Waals surface area contributed by atoms with Crippen LogP contribution in [0.2, 0.25) is 0 Å². The summed E-state index contributed by atoms with van der Waals surface area (Å²) in [6, 6.07) is 15.1. The van der Waals surface area contributed by atoms with Crippen molar-refractivity contribution >= 4 is 40.0 Å². The quantitative estimate of drug-likeness (QED) is 0.188. The number of benzene rings is 2. The predicted molar refractivity (Wildman–Crippen MR) is 138 cm³/mol. The second-order valence-corrected chi connectivity index (χ2v) is 8.72. The zero-order valence-electron chi connectivity index (χ0n) is 19.7. The van der Waals surface area contributed by atoms with Crippen molar-refractivity contribution < 1.29 is 14.3 Å². The highest BCUT2D eigenvalue weighted by molar-refractivity contribution is 7.99. The summed E-state index contributed by atoms with van der Waals surface area (Å²) in [6.07, 6.45) is 3.65. The molecular weight excluding hydrogens is 462 g/mol. The van der Waals surface area contributed by atoms with Crippen LogP contribution in [0.15, 0.2) is 72.5 Å². The van der Waals surface area contributed by atoms with E-state index in [4.69, 9.17) is 4.74 Å². The Labute approximate surface area is 208 Å². The predicted octanol–water partition coefficient (Wildman–Crippen LogP) is 4.60. The molecule has 2 aromatic carbocycles. The largest absolute Gasteiger partial charge is 0.495 e. The van der Waals surface area contributed by atoms with Gasteiger partial charge in [0.25, 0.3) is 0 Å². The molecule has 0 saturated carbocycles. The number of Topliss-reactive ketones (excluding diaryl/α,β-unsaturated/α-hetero) is 1. The molecule has 0 bridgehead atoms. The van der Waals surface area contributed by atoms with Crippen molar-refractivity contribution in [2.75, 3.05) is 18.2 Å². The van der Waals surface area contributed by atoms with Crippen LogP contribution in [-0.4, -0.2) is 43.9 Å². The van der Waals surface area contributed by atoms with Gasteiger partial charge in [0.1, 0.15) is 11.6 Å². The number of aromatic nitrogens is 4. The minimum atomic E-state index is -0.243. The van der Waals surface area contributed by atoms with Crippen LogP contribution in [0.5, 0.6) is 5.75 Å². The number of nitrogens with zero attached hydrogens (tertiary/aromatic N) is 4. The number of rotatable bonds is 11. The number of hydrogen-bond acceptors (Lipinski definition) is 6. The number of ether oxygens (including phenoxy) is 1. The van der Waals surface area contributed by atoms with Gasteiger partial charge in [-0.1, -0.05) is 48.2 Å². The first-order valence-corrected chi connectivity index (χ1v) is 12.2. The molecule has 1 amide bonds. The molecular formula is C26H27N5O3S. The van der Waals surface area contributed by atoms with Crippen LogP contribution in [0.4, 0.5) is 5.69 Å². The first-order chi connectivity index (χ1) is 17.0. The fourth-order valence-electron chi connectivity index (χ4n) is 3.89. The number of allylic oxidation sites excluding steroid dienone is 1. The number of thioether (sulfide) groups is 1. The second-order valence-electron chi connectivity index (χ2n) is 7.78. The Bertz CT molecular complexity index is 1370. The van der Waals surface area contributed by atoms with Gasteiger partial charge in [0, 0.05) is 35.8 Å². The van der Waals surface area contributed by atoms with E-state index in [0.29, 0.717) is 34.5 Å². The Hall–Kier alpha value is -3.85. The lowest BCUT2D eigenvalue weighted by atomic mass is 10.1. The minimum Gasteiger partial charge on any atom is -0.495 e. The van der Waals surface area contributed by atoms with Crippen LogP contribution < -0.4 is 10.1 Å². The molecule has 4 aromatic rings. The number of para-hydroxylation sites is 3. The van der Waals surface area contributed by atoms with E-state index >= 15 is 0 Å². The lowest BCUT2D eigenvalue weighted by Gasteiger charge is -2.10. The normalized spacial score (nSPS) is 10.9. The average Bonchev–Trinajstić information content (AvgIpc) is 3.44. The highest BCUT2D eigenvalue weighted by Gasteiger charge is 2.19. The fourth-order valence-corrected chi connectivity index (χ4v) is 4.74. The number of aryl methyl sites for hydroxylation is 1. The van der Waals surface area contributed by atoms with Gasteiger partial charge >= 0.3 is 0 Å². The summed E-state index contributed by atoms with van der Waals surface area (Å²) in [4.78, 5) is 25.8. The van der Waals surface area contributed by atoms with Gasteiger partial charge in [-0.3, -0.25) is 9.59 Å². The van der Waals surface area contributed by atoms with Crippen molar-refractivity contribution in [1.82, 2.24) is 19.3 Å². The Balaban J connectivity index is 1.47. The number of carbonyl (C=O) groups is 2. The Morgan fingerprint density at radius 1 is 1.14 bits per heavy atom. The molecule has 4 rings (SSSR count). The van der Waals surface area contributed by atoms with E-state index in [9.17, 15) is 9.59 Å². The number of methoxy groups -OCH3 is 1. The zero-order chi connectivity index (χ0) is 24.8. The number of amides is 1. The number of fused-ring (bicyclic) bond motifs is 1. The Morgan fingerprint density at radius 3 is 2.69 bits per heavy atom. The lowest BCUT2D eigenvalue weighted by molar-refractivity contribution is -0.115. The Morgan fingerprint density at radius 2 is 1.91 bits per heavy atom. The van der Waals surface area contributed by atoms with Crippen molar-refractivity contribution in [2.45, 2.75) is 31.6 Å². The molecule has 8 nitrogen and oxygen atoms in total. The minimum absolute atomic E-state index is 0.0158. The second kappa shape index (κ2) is 11.1. The molecule has 0 aliphatic rings. The lowest BCUT2D eigenvalue weighted by Crippen LogP contribution is -2.18. The molecule has 0 saturated heterocycles. The maximum absolute atomic E-state index is 13.1. The fraction of sp³-hybridized carbons (Fsp3) is 0.231. The standard InChI is InChI=1S/C26H27N5O3S/c1-4-14-31-24(15-25(33)27-20-11-7-9-13-23(20)34-3)28-29-26(31)35-17-22(32)19-16-30(5-2)21-12-8-6-10-18(19)21/h4,6-13,16H,1,5,14-15,17H2,2-3H3,(H,27,33). The van der Waals surface area contributed by atoms with E-state index < -0.39 is 0 Å². The maximum atomic E-state index is 13.1. The summed E-state index contributed by atoms with van der Waals surface area (Å²) in [5.41, 5.74) is 2.32. The van der Waals surface area contributed by atoms with Crippen molar-refractivity contribution in [2.24, 2.45) is 0 Å². The molecule has 1 N–H and O–H groups in total. The number of nitrogens with one attached hydrogen (secondary N) is 1. The summed E-state index contributed by atoms with van der Waals surface area (Å²) in [6.45, 7) is 7.07. The van der Waals surface area contributed by atoms with Gasteiger partial charge in [-0.15, -0.1) is 16.8 Å². The maximum Gasteiger partial charge on any atom is 0.232 e. The summed E-state index contributed by atoms with van der Waals surface area (Å²) in [7, 11) is 1.55. The van der Waals surface area contributed by atoms with Gasteiger partial charge < -0.3 is 19.2 Å². The van der Waals surface area contributed by atoms with Gasteiger partial charge in [0.05, 0.1) is 25.0 Å². The summed E-state index contributed by atoms with van der Waals surface area (Å²) >= 11 is 1.30. The molecule has 2 heterocycles. The van der Waals surface area contributed by atoms with Crippen LogP contribution in [0.1, 0.15) is 23.1 Å². The van der Waals surface area contributed by atoms with E-state index in [2.05, 4.69) is 33.6 Å². The number of ketones is 1. The monoisotopic (exact) mass is 489 g/mol. The van der Waals surface area contributed by atoms with E-state index in [1.807, 2.05) is 47.2 Å². The van der Waals surface area contributed by atoms with Crippen molar-refractivity contribution in [3.63, 3.8) is 0 Å². The SMILES string of the molecule is C=CCn1c(CC(=O)Nc2ccccc2OC)nnc1SCC(=O)c1cn(CC)c2ccccc12. The van der Waals surface area contributed by atoms with Gasteiger partial charge in [0.2, 0.25) is 5.91 Å². The third kappa shape index (κ3) is 5.30. The van der Waals surface area contributed by atoms with E-state index in [0.717, 1.165) is 17.4 Å². The molecule has 0 aliphatic heterocycles. The van der Waals surface area contributed by atoms with Crippen LogP contribution in [0, 0.1) is 0 Å². The summed E-state index contributed by atoms with van der Waals surface area (Å²) in [5, 5.41) is 12.8. The first kappa shape index (κ1) is 24.3. The van der Waals surface area contributed by atoms with Crippen LogP contribution in [0.3, 0.4) is 0 Å². The number of carbonyl (C=O) groups excluding carboxylic acids is 2. The van der Waals surface area contributed by atoms with Gasteiger partial charge in [-0.25, -0.2) is 0 Å². The number of hydrogen-bond donors (Lipinski definition) is 1. The molecule has 35 heavy (non-hydrogen) atoms. The third-order valence-electron chi connectivity index (χ3n) is 5.57. The third-order valence-corrected chi connectivity index (χ3v) is 6.53. The van der Waals surface area contributed by atoms with Crippen LogP contribution in [-0.2, 0) is 24.3 Å². The highest BCUT2D eigenvalue weighted by atomic mass is 32.2. The summed E-state index contributed by atoms with van der Waals surface area (Å²) < 4.78 is 9.17. The van der Waals surface area contributed by atoms with Crippen LogP contribution in [0.25, 0.3) is 10.9 Å². The molecule has 0 atom stereocenters. The van der Waals surface area contributed by atoms with Gasteiger partial charge in [-0.05, 0) is 25.1 Å². The molecule has 9 heteroatoms. The molecule has 0 unspecified atom stereocenters. The van der Waals surface area contributed by atoms with Gasteiger partial charge in [-0.2, -0.15) is 0 Å². The van der Waals surface area contributed by atoms with Crippen molar-refractivity contribution in [3.8, 4) is 5.75 Å². The molecule has 0 aliphatic carbocycles. The smallest absolute Gasteiger partial charge is 0.232 e. The molecule has 2 aromatic heterocycles. The Kier molecular flexibility index (Phi) is 7.67. The van der Waals surface area contributed by atoms with E-state index in [1.165, 1.54) is 11.8 Å². The summed E-state index contributed by atoms with van der Waals surface area (Å²) in [5.74, 6) is 1.05. The van der Waals surface area contributed by atoms with E-state index in [1.54, 1.807) is 25.3 Å². The number of anilines is 1. The van der Waals surface area contributed by atoms with Crippen molar-refractivity contribution in [1.29, 1.82) is 0 Å². The molecule has 0 radical (unpaired) electrons. The topological polar surface area (TPSA) is 91.0 Å². The molecule has 180 valence electrons. The average molecular weight is 490 g/mol. The van der Waals surface area contributed by atoms with Crippen molar-refractivity contribution in [3.05, 3.63) is 78.8 Å². The highest BCUT2D eigenvalue weighted by Crippen LogP contribution is 2.26. The zero-order valence-corrected chi connectivity index (χ0v) is 20.5. The van der Waals surface area contributed by atoms with Gasteiger partial charge in [0.15, 0.2) is 10.9 Å². The van der Waals surface area contributed by atoms with Crippen LogP contribution >= 0.6 is 11.8 Å². The van der Waals surface area contributed by atoms with E-state index in [-0.39, 0.29) is 23.9 Å². The molecule has 0 fully saturated rings. The molecule has 0 spiro atoms. The first-order valence-electron chi connectivity index (χ1n) is 11.2.